The summed E-state index contributed by atoms with van der Waals surface area (Å²) in [6.45, 7) is 1.69. The number of hydrogen-bond donors (Lipinski definition) is 0. The van der Waals surface area contributed by atoms with Crippen LogP contribution in [0.25, 0.3) is 11.0 Å². The van der Waals surface area contributed by atoms with E-state index in [0.717, 1.165) is 40.7 Å². The second kappa shape index (κ2) is 8.57. The normalized spacial score (nSPS) is 15.3. The first kappa shape index (κ1) is 21.5. The van der Waals surface area contributed by atoms with Crippen molar-refractivity contribution in [3.8, 4) is 0 Å². The second-order valence-corrected chi connectivity index (χ2v) is 9.84. The Balaban J connectivity index is 1.42. The van der Waals surface area contributed by atoms with E-state index >= 15 is 0 Å². The number of halogens is 2. The number of rotatable bonds is 5. The summed E-state index contributed by atoms with van der Waals surface area (Å²) in [6.07, 6.45) is 0. The van der Waals surface area contributed by atoms with Crippen molar-refractivity contribution in [1.29, 1.82) is 0 Å². The van der Waals surface area contributed by atoms with Gasteiger partial charge in [-0.25, -0.2) is 22.2 Å². The Hall–Kier alpha value is -3.30. The molecule has 4 aromatic rings. The highest BCUT2D eigenvalue weighted by Gasteiger charge is 2.32. The Labute approximate surface area is 190 Å². The van der Waals surface area contributed by atoms with Crippen molar-refractivity contribution in [2.24, 2.45) is 0 Å². The first-order chi connectivity index (χ1) is 15.9. The van der Waals surface area contributed by atoms with Crippen molar-refractivity contribution in [2.75, 3.05) is 31.1 Å². The maximum atomic E-state index is 14.1. The van der Waals surface area contributed by atoms with E-state index < -0.39 is 26.6 Å². The topological polar surface area (TPSA) is 58.4 Å². The average molecular weight is 469 g/mol. The van der Waals surface area contributed by atoms with Gasteiger partial charge in [0.25, 0.3) is 0 Å². The number of para-hydroxylation sites is 2. The molecule has 3 aromatic carbocycles. The lowest BCUT2D eigenvalue weighted by Crippen LogP contribution is -2.49. The van der Waals surface area contributed by atoms with Gasteiger partial charge in [-0.05, 0) is 35.9 Å². The lowest BCUT2D eigenvalue weighted by molar-refractivity contribution is 0.378. The number of piperazine rings is 1. The Morgan fingerprint density at radius 2 is 1.55 bits per heavy atom. The predicted octanol–water partition coefficient (Wildman–Crippen LogP) is 3.87. The molecule has 0 bridgehead atoms. The van der Waals surface area contributed by atoms with Crippen LogP contribution in [-0.2, 0) is 16.6 Å². The quantitative estimate of drug-likeness (QED) is 0.446. The summed E-state index contributed by atoms with van der Waals surface area (Å²) in [5.41, 5.74) is 2.98. The van der Waals surface area contributed by atoms with Gasteiger partial charge in [0.1, 0.15) is 16.5 Å². The molecule has 33 heavy (non-hydrogen) atoms. The van der Waals surface area contributed by atoms with Crippen LogP contribution in [0.4, 0.5) is 14.7 Å². The van der Waals surface area contributed by atoms with Gasteiger partial charge in [-0.1, -0.05) is 42.5 Å². The molecule has 9 heteroatoms. The van der Waals surface area contributed by atoms with Gasteiger partial charge < -0.3 is 9.47 Å². The fraction of sp³-hybridized carbons (Fsp3) is 0.208. The van der Waals surface area contributed by atoms with Crippen LogP contribution in [0.3, 0.4) is 0 Å². The molecule has 0 radical (unpaired) electrons. The lowest BCUT2D eigenvalue weighted by atomic mass is 10.2. The van der Waals surface area contributed by atoms with Crippen molar-refractivity contribution in [3.05, 3.63) is 90.0 Å². The van der Waals surface area contributed by atoms with Gasteiger partial charge in [0, 0.05) is 26.2 Å². The fourth-order valence-electron chi connectivity index (χ4n) is 4.17. The van der Waals surface area contributed by atoms with E-state index in [9.17, 15) is 17.2 Å². The number of nitrogens with zero attached hydrogens (tertiary/aromatic N) is 4. The zero-order valence-electron chi connectivity index (χ0n) is 17.7. The van der Waals surface area contributed by atoms with Crippen LogP contribution < -0.4 is 4.90 Å². The van der Waals surface area contributed by atoms with Crippen LogP contribution in [0, 0.1) is 11.6 Å². The fourth-order valence-corrected chi connectivity index (χ4v) is 5.67. The third-order valence-electron chi connectivity index (χ3n) is 5.85. The number of sulfonamides is 1. The minimum Gasteiger partial charge on any atom is -0.340 e. The van der Waals surface area contributed by atoms with Gasteiger partial charge in [0.2, 0.25) is 16.0 Å². The van der Waals surface area contributed by atoms with Crippen LogP contribution in [-0.4, -0.2) is 48.5 Å². The zero-order valence-corrected chi connectivity index (χ0v) is 18.5. The van der Waals surface area contributed by atoms with E-state index in [-0.39, 0.29) is 13.1 Å². The van der Waals surface area contributed by atoms with Gasteiger partial charge in [-0.3, -0.25) is 0 Å². The van der Waals surface area contributed by atoms with Crippen molar-refractivity contribution < 1.29 is 17.2 Å². The van der Waals surface area contributed by atoms with Crippen molar-refractivity contribution >= 4 is 27.0 Å². The Kier molecular flexibility index (Phi) is 5.59. The van der Waals surface area contributed by atoms with E-state index in [1.807, 2.05) is 47.4 Å². The van der Waals surface area contributed by atoms with Crippen molar-refractivity contribution in [1.82, 2.24) is 13.9 Å². The molecule has 0 saturated carbocycles. The number of benzene rings is 3. The molecule has 0 amide bonds. The minimum absolute atomic E-state index is 0.146. The summed E-state index contributed by atoms with van der Waals surface area (Å²) >= 11 is 0. The second-order valence-electron chi connectivity index (χ2n) is 7.94. The first-order valence-electron chi connectivity index (χ1n) is 10.6. The van der Waals surface area contributed by atoms with Gasteiger partial charge in [0.15, 0.2) is 0 Å². The van der Waals surface area contributed by atoms with Gasteiger partial charge in [-0.2, -0.15) is 4.31 Å². The Morgan fingerprint density at radius 3 is 2.30 bits per heavy atom. The summed E-state index contributed by atoms with van der Waals surface area (Å²) < 4.78 is 56.9. The maximum absolute atomic E-state index is 14.1. The third kappa shape index (κ3) is 4.09. The van der Waals surface area contributed by atoms with Crippen LogP contribution >= 0.6 is 0 Å². The number of fused-ring (bicyclic) bond motifs is 1. The highest BCUT2D eigenvalue weighted by molar-refractivity contribution is 7.89. The summed E-state index contributed by atoms with van der Waals surface area (Å²) in [5.74, 6) is -0.985. The molecule has 0 unspecified atom stereocenters. The molecule has 170 valence electrons. The van der Waals surface area contributed by atoms with E-state index in [1.54, 1.807) is 0 Å². The van der Waals surface area contributed by atoms with E-state index in [4.69, 9.17) is 4.98 Å². The molecule has 1 aliphatic heterocycles. The molecule has 6 nitrogen and oxygen atoms in total. The van der Waals surface area contributed by atoms with Crippen molar-refractivity contribution in [3.63, 3.8) is 0 Å². The molecule has 0 aliphatic carbocycles. The summed E-state index contributed by atoms with van der Waals surface area (Å²) in [7, 11) is -4.14. The van der Waals surface area contributed by atoms with Crippen LogP contribution in [0.2, 0.25) is 0 Å². The summed E-state index contributed by atoms with van der Waals surface area (Å²) in [4.78, 5) is 6.22. The number of hydrogen-bond acceptors (Lipinski definition) is 4. The molecule has 0 atom stereocenters. The van der Waals surface area contributed by atoms with Gasteiger partial charge in [-0.15, -0.1) is 0 Å². The molecule has 5 rings (SSSR count). The number of anilines is 1. The largest absolute Gasteiger partial charge is 0.340 e. The van der Waals surface area contributed by atoms with E-state index in [1.165, 1.54) is 4.31 Å². The SMILES string of the molecule is O=S(=O)(c1cc(F)ccc1F)N1CCN(c2nc3ccccc3n2Cc2ccccc2)CC1. The Morgan fingerprint density at radius 1 is 0.848 bits per heavy atom. The molecule has 1 aliphatic rings. The van der Waals surface area contributed by atoms with Crippen molar-refractivity contribution in [2.45, 2.75) is 11.4 Å². The third-order valence-corrected chi connectivity index (χ3v) is 7.76. The van der Waals surface area contributed by atoms with Gasteiger partial charge in [0.05, 0.1) is 17.6 Å². The Bertz CT molecular complexity index is 1400. The smallest absolute Gasteiger partial charge is 0.246 e. The van der Waals surface area contributed by atoms with E-state index in [0.29, 0.717) is 19.6 Å². The minimum atomic E-state index is -4.14. The van der Waals surface area contributed by atoms with Crippen LogP contribution in [0.5, 0.6) is 0 Å². The van der Waals surface area contributed by atoms with Crippen LogP contribution in [0.1, 0.15) is 5.56 Å². The number of aromatic nitrogens is 2. The standard InChI is InChI=1S/C24H22F2N4O2S/c25-19-10-11-20(26)23(16-19)33(31,32)29-14-12-28(13-15-29)24-27-21-8-4-5-9-22(21)30(24)17-18-6-2-1-3-7-18/h1-11,16H,12-15,17H2. The zero-order chi connectivity index (χ0) is 23.0. The van der Waals surface area contributed by atoms with E-state index in [2.05, 4.69) is 16.7 Å². The molecule has 0 N–H and O–H groups in total. The highest BCUT2D eigenvalue weighted by atomic mass is 32.2. The van der Waals surface area contributed by atoms with Crippen LogP contribution in [0.15, 0.2) is 77.7 Å². The maximum Gasteiger partial charge on any atom is 0.246 e. The highest BCUT2D eigenvalue weighted by Crippen LogP contribution is 2.27. The average Bonchev–Trinajstić information content (AvgIpc) is 3.19. The summed E-state index contributed by atoms with van der Waals surface area (Å²) in [5, 5.41) is 0. The lowest BCUT2D eigenvalue weighted by Gasteiger charge is -2.34. The summed E-state index contributed by atoms with van der Waals surface area (Å²) in [6, 6.07) is 20.4. The molecule has 1 fully saturated rings. The first-order valence-corrected chi connectivity index (χ1v) is 12.1. The number of imidazole rings is 1. The predicted molar refractivity (Wildman–Crippen MR) is 123 cm³/mol. The molecule has 2 heterocycles. The molecular weight excluding hydrogens is 446 g/mol. The molecular formula is C24H22F2N4O2S. The molecule has 1 saturated heterocycles. The monoisotopic (exact) mass is 468 g/mol. The van der Waals surface area contributed by atoms with Gasteiger partial charge >= 0.3 is 0 Å². The molecule has 1 aromatic heterocycles. The molecule has 0 spiro atoms.